The molecule has 0 radical (unpaired) electrons. The molecule has 0 bridgehead atoms. The lowest BCUT2D eigenvalue weighted by Gasteiger charge is -2.32. The molecular weight excluding hydrogens is 206 g/mol. The van der Waals surface area contributed by atoms with Gasteiger partial charge in [-0.25, -0.2) is 0 Å². The van der Waals surface area contributed by atoms with E-state index in [1.807, 2.05) is 6.07 Å². The van der Waals surface area contributed by atoms with Crippen molar-refractivity contribution in [2.24, 2.45) is 5.41 Å². The van der Waals surface area contributed by atoms with Gasteiger partial charge in [0.05, 0.1) is 12.7 Å². The summed E-state index contributed by atoms with van der Waals surface area (Å²) in [5.41, 5.74) is -1.02. The van der Waals surface area contributed by atoms with Gasteiger partial charge in [0, 0.05) is 12.8 Å². The highest BCUT2D eigenvalue weighted by Gasteiger charge is 2.47. The minimum absolute atomic E-state index is 0.0487. The van der Waals surface area contributed by atoms with Crippen molar-refractivity contribution < 1.29 is 14.3 Å². The maximum absolute atomic E-state index is 11.9. The molecule has 0 heterocycles. The van der Waals surface area contributed by atoms with E-state index in [4.69, 9.17) is 10.00 Å². The average molecular weight is 223 g/mol. The van der Waals surface area contributed by atoms with Gasteiger partial charge in [0.2, 0.25) is 0 Å². The second-order valence-electron chi connectivity index (χ2n) is 4.09. The molecule has 1 rings (SSSR count). The van der Waals surface area contributed by atoms with E-state index in [0.29, 0.717) is 19.3 Å². The number of rotatable bonds is 4. The smallest absolute Gasteiger partial charge is 0.319 e. The van der Waals surface area contributed by atoms with E-state index in [1.165, 1.54) is 0 Å². The van der Waals surface area contributed by atoms with Gasteiger partial charge in [-0.1, -0.05) is 6.42 Å². The number of nitriles is 1. The molecule has 1 aliphatic carbocycles. The van der Waals surface area contributed by atoms with Crippen molar-refractivity contribution in [3.8, 4) is 6.07 Å². The van der Waals surface area contributed by atoms with Crippen LogP contribution in [0.1, 0.15) is 45.4 Å². The van der Waals surface area contributed by atoms with E-state index < -0.39 is 11.4 Å². The lowest BCUT2D eigenvalue weighted by Crippen LogP contribution is -2.42. The Morgan fingerprint density at radius 3 is 2.88 bits per heavy atom. The standard InChI is InChI=1S/C12H17NO3/c1-2-16-11(15)12(8-5-9-13)7-4-3-6-10(12)14/h2-8H2,1H3/t12-/m1/s1. The van der Waals surface area contributed by atoms with Crippen molar-refractivity contribution in [3.05, 3.63) is 0 Å². The molecule has 1 saturated carbocycles. The largest absolute Gasteiger partial charge is 0.465 e. The first-order chi connectivity index (χ1) is 7.67. The molecule has 4 heteroatoms. The first-order valence-electron chi connectivity index (χ1n) is 5.75. The molecule has 0 aliphatic heterocycles. The van der Waals surface area contributed by atoms with Crippen molar-refractivity contribution in [1.29, 1.82) is 5.26 Å². The van der Waals surface area contributed by atoms with Crippen molar-refractivity contribution in [1.82, 2.24) is 0 Å². The van der Waals surface area contributed by atoms with Crippen LogP contribution in [0.5, 0.6) is 0 Å². The minimum atomic E-state index is -1.02. The molecule has 4 nitrogen and oxygen atoms in total. The van der Waals surface area contributed by atoms with Crippen LogP contribution < -0.4 is 0 Å². The van der Waals surface area contributed by atoms with Crippen LogP contribution in [-0.2, 0) is 14.3 Å². The van der Waals surface area contributed by atoms with E-state index in [-0.39, 0.29) is 18.8 Å². The summed E-state index contributed by atoms with van der Waals surface area (Å²) in [6.07, 6.45) is 3.20. The van der Waals surface area contributed by atoms with Crippen molar-refractivity contribution in [3.63, 3.8) is 0 Å². The first-order valence-corrected chi connectivity index (χ1v) is 5.75. The summed E-state index contributed by atoms with van der Waals surface area (Å²) in [6, 6.07) is 2.00. The Balaban J connectivity index is 2.86. The van der Waals surface area contributed by atoms with Crippen molar-refractivity contribution in [2.75, 3.05) is 6.61 Å². The molecule has 16 heavy (non-hydrogen) atoms. The van der Waals surface area contributed by atoms with Gasteiger partial charge >= 0.3 is 5.97 Å². The molecule has 0 aromatic rings. The molecule has 0 unspecified atom stereocenters. The maximum atomic E-state index is 11.9. The summed E-state index contributed by atoms with van der Waals surface area (Å²) in [5.74, 6) is -0.484. The zero-order chi connectivity index (χ0) is 12.0. The second kappa shape index (κ2) is 5.64. The zero-order valence-electron chi connectivity index (χ0n) is 9.62. The van der Waals surface area contributed by atoms with Gasteiger partial charge in [-0.3, -0.25) is 9.59 Å². The fraction of sp³-hybridized carbons (Fsp3) is 0.750. The lowest BCUT2D eigenvalue weighted by atomic mass is 9.70. The van der Waals surface area contributed by atoms with Gasteiger partial charge < -0.3 is 4.74 Å². The minimum Gasteiger partial charge on any atom is -0.465 e. The summed E-state index contributed by atoms with van der Waals surface area (Å²) >= 11 is 0. The van der Waals surface area contributed by atoms with Crippen LogP contribution in [0.4, 0.5) is 0 Å². The average Bonchev–Trinajstić information content (AvgIpc) is 2.28. The number of carbonyl (C=O) groups excluding carboxylic acids is 2. The summed E-state index contributed by atoms with van der Waals surface area (Å²) < 4.78 is 4.98. The number of ketones is 1. The molecule has 1 aliphatic rings. The Morgan fingerprint density at radius 1 is 1.56 bits per heavy atom. The molecule has 0 saturated heterocycles. The van der Waals surface area contributed by atoms with Crippen LogP contribution in [0.3, 0.4) is 0 Å². The van der Waals surface area contributed by atoms with Crippen LogP contribution in [0.25, 0.3) is 0 Å². The predicted molar refractivity (Wildman–Crippen MR) is 57.4 cm³/mol. The number of hydrogen-bond acceptors (Lipinski definition) is 4. The Labute approximate surface area is 95.6 Å². The second-order valence-corrected chi connectivity index (χ2v) is 4.09. The topological polar surface area (TPSA) is 67.2 Å². The number of esters is 1. The zero-order valence-corrected chi connectivity index (χ0v) is 9.62. The Bertz CT molecular complexity index is 319. The van der Waals surface area contributed by atoms with E-state index in [2.05, 4.69) is 0 Å². The SMILES string of the molecule is CCOC(=O)[C@@]1(CCC#N)CCCCC1=O. The Morgan fingerprint density at radius 2 is 2.31 bits per heavy atom. The van der Waals surface area contributed by atoms with E-state index in [0.717, 1.165) is 12.8 Å². The molecule has 0 aromatic carbocycles. The van der Waals surface area contributed by atoms with Crippen molar-refractivity contribution >= 4 is 11.8 Å². The number of ether oxygens (including phenoxy) is 1. The van der Waals surface area contributed by atoms with Crippen LogP contribution in [0.15, 0.2) is 0 Å². The molecule has 0 N–H and O–H groups in total. The van der Waals surface area contributed by atoms with Crippen LogP contribution in [0.2, 0.25) is 0 Å². The molecule has 88 valence electrons. The number of nitrogens with zero attached hydrogens (tertiary/aromatic N) is 1. The highest BCUT2D eigenvalue weighted by Crippen LogP contribution is 2.38. The highest BCUT2D eigenvalue weighted by molar-refractivity contribution is 6.04. The van der Waals surface area contributed by atoms with E-state index in [1.54, 1.807) is 6.92 Å². The molecular formula is C12H17NO3. The number of carbonyl (C=O) groups is 2. The van der Waals surface area contributed by atoms with Crippen LogP contribution in [-0.4, -0.2) is 18.4 Å². The third-order valence-corrected chi connectivity index (χ3v) is 3.12. The van der Waals surface area contributed by atoms with Gasteiger partial charge in [-0.2, -0.15) is 5.26 Å². The van der Waals surface area contributed by atoms with Crippen LogP contribution in [0, 0.1) is 16.7 Å². The fourth-order valence-corrected chi connectivity index (χ4v) is 2.21. The highest BCUT2D eigenvalue weighted by atomic mass is 16.5. The normalized spacial score (nSPS) is 24.9. The lowest BCUT2D eigenvalue weighted by molar-refractivity contribution is -0.162. The summed E-state index contributed by atoms with van der Waals surface area (Å²) in [4.78, 5) is 23.8. The Kier molecular flexibility index (Phi) is 4.48. The molecule has 0 spiro atoms. The van der Waals surface area contributed by atoms with Gasteiger partial charge in [0.25, 0.3) is 0 Å². The Hall–Kier alpha value is -1.37. The third-order valence-electron chi connectivity index (χ3n) is 3.12. The maximum Gasteiger partial charge on any atom is 0.319 e. The van der Waals surface area contributed by atoms with Gasteiger partial charge in [0.1, 0.15) is 11.2 Å². The molecule has 0 aromatic heterocycles. The van der Waals surface area contributed by atoms with Gasteiger partial charge in [0.15, 0.2) is 0 Å². The molecule has 0 amide bonds. The van der Waals surface area contributed by atoms with Gasteiger partial charge in [-0.15, -0.1) is 0 Å². The van der Waals surface area contributed by atoms with Gasteiger partial charge in [-0.05, 0) is 26.2 Å². The predicted octanol–water partition coefficient (Wildman–Crippen LogP) is 1.98. The first kappa shape index (κ1) is 12.7. The fourth-order valence-electron chi connectivity index (χ4n) is 2.21. The van der Waals surface area contributed by atoms with Crippen molar-refractivity contribution in [2.45, 2.75) is 45.4 Å². The third kappa shape index (κ3) is 2.41. The quantitative estimate of drug-likeness (QED) is 0.540. The van der Waals surface area contributed by atoms with Crippen LogP contribution >= 0.6 is 0 Å². The summed E-state index contributed by atoms with van der Waals surface area (Å²) in [7, 11) is 0. The molecule has 1 fully saturated rings. The summed E-state index contributed by atoms with van der Waals surface area (Å²) in [5, 5.41) is 8.60. The number of hydrogen-bond donors (Lipinski definition) is 0. The van der Waals surface area contributed by atoms with E-state index >= 15 is 0 Å². The number of Topliss-reactive ketones (excluding diaryl/α,β-unsaturated/α-hetero) is 1. The molecule has 1 atom stereocenters. The van der Waals surface area contributed by atoms with E-state index in [9.17, 15) is 9.59 Å². The monoisotopic (exact) mass is 223 g/mol. The summed E-state index contributed by atoms with van der Waals surface area (Å²) in [6.45, 7) is 2.00.